The summed E-state index contributed by atoms with van der Waals surface area (Å²) in [4.78, 5) is 23.5. The van der Waals surface area contributed by atoms with E-state index < -0.39 is 12.0 Å². The predicted octanol–water partition coefficient (Wildman–Crippen LogP) is 6.38. The van der Waals surface area contributed by atoms with E-state index in [0.717, 1.165) is 24.8 Å². The Hall–Kier alpha value is -2.04. The molecule has 0 aliphatic heterocycles. The number of rotatable bonds is 19. The van der Waals surface area contributed by atoms with Crippen LogP contribution in [0.15, 0.2) is 24.3 Å². The molecule has 1 rings (SSSR count). The number of carboxylic acids is 1. The summed E-state index contributed by atoms with van der Waals surface area (Å²) in [7, 11) is 0. The molecule has 176 valence electrons. The molecule has 0 spiro atoms. The van der Waals surface area contributed by atoms with Gasteiger partial charge in [0, 0.05) is 12.8 Å². The minimum absolute atomic E-state index is 0.137. The molecule has 0 bridgehead atoms. The summed E-state index contributed by atoms with van der Waals surface area (Å²) in [6, 6.07) is 5.44. The number of carbonyl (C=O) groups excluding carboxylic acids is 1. The number of carbonyl (C=O) groups is 2. The number of phenols is 1. The summed E-state index contributed by atoms with van der Waals surface area (Å²) in [6.07, 6.45) is 18.3. The van der Waals surface area contributed by atoms with Crippen LogP contribution < -0.4 is 5.32 Å². The fraction of sp³-hybridized carbons (Fsp3) is 0.692. The Bertz CT molecular complexity index is 600. The van der Waals surface area contributed by atoms with Crippen LogP contribution in [0.2, 0.25) is 0 Å². The number of benzene rings is 1. The quantitative estimate of drug-likeness (QED) is 0.221. The second kappa shape index (κ2) is 17.6. The van der Waals surface area contributed by atoms with Gasteiger partial charge in [-0.1, -0.05) is 103 Å². The highest BCUT2D eigenvalue weighted by molar-refractivity contribution is 5.83. The molecule has 0 saturated heterocycles. The number of carboxylic acid groups (broad SMARTS) is 1. The Morgan fingerprint density at radius 3 is 1.68 bits per heavy atom. The van der Waals surface area contributed by atoms with Crippen LogP contribution in [-0.4, -0.2) is 28.1 Å². The molecule has 3 N–H and O–H groups in total. The van der Waals surface area contributed by atoms with Gasteiger partial charge >= 0.3 is 5.97 Å². The van der Waals surface area contributed by atoms with Gasteiger partial charge < -0.3 is 15.5 Å². The molecule has 1 aromatic rings. The molecule has 1 aromatic carbocycles. The third-order valence-electron chi connectivity index (χ3n) is 5.77. The SMILES string of the molecule is CCCCCCCCCCCCCCCCC(=O)N[C@@H](Cc1ccc(O)cc1)C(=O)O. The average Bonchev–Trinajstić information content (AvgIpc) is 2.75. The summed E-state index contributed by atoms with van der Waals surface area (Å²) in [5, 5.41) is 21.3. The van der Waals surface area contributed by atoms with Crippen molar-refractivity contribution in [3.8, 4) is 5.75 Å². The molecule has 0 heterocycles. The van der Waals surface area contributed by atoms with Gasteiger partial charge in [0.25, 0.3) is 0 Å². The van der Waals surface area contributed by atoms with Crippen molar-refractivity contribution in [2.45, 2.75) is 116 Å². The van der Waals surface area contributed by atoms with E-state index in [-0.39, 0.29) is 18.1 Å². The van der Waals surface area contributed by atoms with E-state index in [1.165, 1.54) is 82.8 Å². The lowest BCUT2D eigenvalue weighted by molar-refractivity contribution is -0.141. The largest absolute Gasteiger partial charge is 0.508 e. The zero-order valence-electron chi connectivity index (χ0n) is 19.4. The summed E-state index contributed by atoms with van der Waals surface area (Å²) in [5.74, 6) is -1.11. The second-order valence-corrected chi connectivity index (χ2v) is 8.68. The molecular formula is C26H43NO4. The number of phenolic OH excluding ortho intramolecular Hbond substituents is 1. The number of aliphatic carboxylic acids is 1. The van der Waals surface area contributed by atoms with Crippen LogP contribution in [0.25, 0.3) is 0 Å². The van der Waals surface area contributed by atoms with Crippen LogP contribution >= 0.6 is 0 Å². The molecule has 31 heavy (non-hydrogen) atoms. The van der Waals surface area contributed by atoms with Crippen LogP contribution in [0.4, 0.5) is 0 Å². The summed E-state index contributed by atoms with van der Waals surface area (Å²) in [6.45, 7) is 2.25. The highest BCUT2D eigenvalue weighted by Gasteiger charge is 2.20. The van der Waals surface area contributed by atoms with Crippen molar-refractivity contribution in [1.29, 1.82) is 0 Å². The smallest absolute Gasteiger partial charge is 0.326 e. The molecule has 5 nitrogen and oxygen atoms in total. The second-order valence-electron chi connectivity index (χ2n) is 8.68. The normalized spacial score (nSPS) is 11.9. The monoisotopic (exact) mass is 433 g/mol. The Kier molecular flexibility index (Phi) is 15.3. The molecule has 1 atom stereocenters. The Morgan fingerprint density at radius 2 is 1.23 bits per heavy atom. The molecule has 0 aromatic heterocycles. The molecule has 0 fully saturated rings. The van der Waals surface area contributed by atoms with Gasteiger partial charge in [-0.15, -0.1) is 0 Å². The van der Waals surface area contributed by atoms with Crippen molar-refractivity contribution in [1.82, 2.24) is 5.32 Å². The van der Waals surface area contributed by atoms with Gasteiger partial charge in [0.15, 0.2) is 0 Å². The first-order valence-electron chi connectivity index (χ1n) is 12.3. The molecule has 1 amide bonds. The van der Waals surface area contributed by atoms with E-state index in [9.17, 15) is 19.8 Å². The fourth-order valence-electron chi connectivity index (χ4n) is 3.81. The summed E-state index contributed by atoms with van der Waals surface area (Å²) >= 11 is 0. The lowest BCUT2D eigenvalue weighted by Gasteiger charge is -2.14. The van der Waals surface area contributed by atoms with E-state index in [0.29, 0.717) is 6.42 Å². The van der Waals surface area contributed by atoms with Gasteiger partial charge in [0.1, 0.15) is 11.8 Å². The topological polar surface area (TPSA) is 86.6 Å². The summed E-state index contributed by atoms with van der Waals surface area (Å²) in [5.41, 5.74) is 0.766. The van der Waals surface area contributed by atoms with Crippen molar-refractivity contribution in [3.05, 3.63) is 29.8 Å². The van der Waals surface area contributed by atoms with Crippen molar-refractivity contribution in [2.75, 3.05) is 0 Å². The number of aromatic hydroxyl groups is 1. The first-order valence-corrected chi connectivity index (χ1v) is 12.3. The third-order valence-corrected chi connectivity index (χ3v) is 5.77. The zero-order chi connectivity index (χ0) is 22.7. The third kappa shape index (κ3) is 14.6. The number of hydrogen-bond acceptors (Lipinski definition) is 3. The van der Waals surface area contributed by atoms with Gasteiger partial charge in [-0.3, -0.25) is 4.79 Å². The lowest BCUT2D eigenvalue weighted by atomic mass is 10.0. The van der Waals surface area contributed by atoms with Gasteiger partial charge in [-0.05, 0) is 24.1 Å². The maximum Gasteiger partial charge on any atom is 0.326 e. The standard InChI is InChI=1S/C26H43NO4/c1-2-3-4-5-6-7-8-9-10-11-12-13-14-15-16-25(29)27-24(26(30)31)21-22-17-19-23(28)20-18-22/h17-20,24,28H,2-16,21H2,1H3,(H,27,29)(H,30,31)/t24-/m0/s1. The maximum absolute atomic E-state index is 12.1. The number of hydrogen-bond donors (Lipinski definition) is 3. The van der Waals surface area contributed by atoms with Gasteiger partial charge in [0.05, 0.1) is 0 Å². The van der Waals surface area contributed by atoms with Crippen LogP contribution in [0.3, 0.4) is 0 Å². The van der Waals surface area contributed by atoms with Gasteiger partial charge in [-0.2, -0.15) is 0 Å². The van der Waals surface area contributed by atoms with E-state index in [2.05, 4.69) is 12.2 Å². The van der Waals surface area contributed by atoms with Crippen LogP contribution in [0.5, 0.6) is 5.75 Å². The zero-order valence-corrected chi connectivity index (χ0v) is 19.4. The molecule has 0 aliphatic rings. The molecular weight excluding hydrogens is 390 g/mol. The Balaban J connectivity index is 2.01. The number of amides is 1. The van der Waals surface area contributed by atoms with Crippen LogP contribution in [-0.2, 0) is 16.0 Å². The first-order chi connectivity index (χ1) is 15.0. The van der Waals surface area contributed by atoms with Crippen molar-refractivity contribution in [2.24, 2.45) is 0 Å². The van der Waals surface area contributed by atoms with Gasteiger partial charge in [-0.25, -0.2) is 4.79 Å². The molecule has 5 heteroatoms. The fourth-order valence-corrected chi connectivity index (χ4v) is 3.81. The van der Waals surface area contributed by atoms with Gasteiger partial charge in [0.2, 0.25) is 5.91 Å². The van der Waals surface area contributed by atoms with E-state index in [1.54, 1.807) is 12.1 Å². The predicted molar refractivity (Wildman–Crippen MR) is 126 cm³/mol. The van der Waals surface area contributed by atoms with Crippen molar-refractivity contribution in [3.63, 3.8) is 0 Å². The minimum Gasteiger partial charge on any atom is -0.508 e. The Morgan fingerprint density at radius 1 is 0.774 bits per heavy atom. The molecule has 0 unspecified atom stereocenters. The first kappa shape index (κ1) is 27.0. The number of nitrogens with one attached hydrogen (secondary N) is 1. The Labute approximate surface area is 188 Å². The van der Waals surface area contributed by atoms with Crippen molar-refractivity contribution < 1.29 is 19.8 Å². The van der Waals surface area contributed by atoms with Crippen LogP contribution in [0, 0.1) is 0 Å². The summed E-state index contributed by atoms with van der Waals surface area (Å²) < 4.78 is 0. The highest BCUT2D eigenvalue weighted by Crippen LogP contribution is 2.14. The number of unbranched alkanes of at least 4 members (excludes halogenated alkanes) is 13. The maximum atomic E-state index is 12.1. The average molecular weight is 434 g/mol. The molecule has 0 saturated carbocycles. The molecule has 0 radical (unpaired) electrons. The van der Waals surface area contributed by atoms with E-state index in [4.69, 9.17) is 0 Å². The van der Waals surface area contributed by atoms with Crippen molar-refractivity contribution >= 4 is 11.9 Å². The molecule has 0 aliphatic carbocycles. The van der Waals surface area contributed by atoms with Crippen LogP contribution in [0.1, 0.15) is 109 Å². The lowest BCUT2D eigenvalue weighted by Crippen LogP contribution is -2.42. The van der Waals surface area contributed by atoms with E-state index in [1.807, 2.05) is 0 Å². The minimum atomic E-state index is -1.04. The van der Waals surface area contributed by atoms with E-state index >= 15 is 0 Å². The highest BCUT2D eigenvalue weighted by atomic mass is 16.4.